The van der Waals surface area contributed by atoms with E-state index in [1.54, 1.807) is 6.20 Å². The Labute approximate surface area is 140 Å². The minimum absolute atomic E-state index is 0.0747. The molecule has 1 amide bonds. The van der Waals surface area contributed by atoms with Gasteiger partial charge in [0.15, 0.2) is 6.61 Å². The number of benzene rings is 1. The van der Waals surface area contributed by atoms with E-state index in [0.717, 1.165) is 41.9 Å². The molecule has 2 aliphatic rings. The summed E-state index contributed by atoms with van der Waals surface area (Å²) in [5.41, 5.74) is 4.98. The Hall–Kier alpha value is -2.95. The van der Waals surface area contributed by atoms with Gasteiger partial charge in [0.25, 0.3) is 5.91 Å². The van der Waals surface area contributed by atoms with E-state index in [-0.39, 0.29) is 12.5 Å². The fourth-order valence-corrected chi connectivity index (χ4v) is 2.99. The summed E-state index contributed by atoms with van der Waals surface area (Å²) in [6.45, 7) is 0.918. The Morgan fingerprint density at radius 2 is 2.21 bits per heavy atom. The summed E-state index contributed by atoms with van der Waals surface area (Å²) in [5.74, 6) is 0.587. The second-order valence-electron chi connectivity index (χ2n) is 5.84. The Balaban J connectivity index is 1.69. The van der Waals surface area contributed by atoms with Crippen LogP contribution in [-0.2, 0) is 4.79 Å². The van der Waals surface area contributed by atoms with Crippen LogP contribution in [0.15, 0.2) is 53.3 Å². The molecule has 0 atom stereocenters. The largest absolute Gasteiger partial charge is 0.482 e. The van der Waals surface area contributed by atoms with E-state index in [1.807, 2.05) is 36.5 Å². The molecule has 5 nitrogen and oxygen atoms in total. The molecule has 24 heavy (non-hydrogen) atoms. The van der Waals surface area contributed by atoms with Gasteiger partial charge in [-0.3, -0.25) is 14.8 Å². The number of aromatic nitrogens is 1. The number of rotatable bonds is 2. The fraction of sp³-hybridized carbons (Fsp3) is 0.211. The molecule has 3 heterocycles. The molecular formula is C19H17N3O2. The molecule has 2 aliphatic heterocycles. The second-order valence-corrected chi connectivity index (χ2v) is 5.84. The molecule has 0 unspecified atom stereocenters. The second kappa shape index (κ2) is 6.28. The number of amides is 1. The lowest BCUT2D eigenvalue weighted by Gasteiger charge is -2.19. The molecule has 0 aliphatic carbocycles. The summed E-state index contributed by atoms with van der Waals surface area (Å²) in [6, 6.07) is 9.79. The van der Waals surface area contributed by atoms with Gasteiger partial charge < -0.3 is 10.1 Å². The van der Waals surface area contributed by atoms with Crippen LogP contribution >= 0.6 is 0 Å². The van der Waals surface area contributed by atoms with Crippen molar-refractivity contribution in [1.82, 2.24) is 4.98 Å². The van der Waals surface area contributed by atoms with Gasteiger partial charge in [-0.25, -0.2) is 0 Å². The number of aliphatic imine (C=N–C) groups is 1. The van der Waals surface area contributed by atoms with Crippen LogP contribution in [0.3, 0.4) is 0 Å². The molecule has 1 aromatic heterocycles. The van der Waals surface area contributed by atoms with E-state index >= 15 is 0 Å². The number of nitrogens with one attached hydrogen (secondary N) is 1. The molecule has 2 aromatic rings. The molecule has 4 rings (SSSR count). The Kier molecular flexibility index (Phi) is 3.83. The highest BCUT2D eigenvalue weighted by Gasteiger charge is 2.17. The van der Waals surface area contributed by atoms with Gasteiger partial charge in [-0.1, -0.05) is 6.07 Å². The van der Waals surface area contributed by atoms with Crippen molar-refractivity contribution >= 4 is 23.4 Å². The van der Waals surface area contributed by atoms with Crippen molar-refractivity contribution in [3.05, 3.63) is 59.4 Å². The zero-order valence-electron chi connectivity index (χ0n) is 13.2. The van der Waals surface area contributed by atoms with Gasteiger partial charge >= 0.3 is 0 Å². The highest BCUT2D eigenvalue weighted by Crippen LogP contribution is 2.30. The van der Waals surface area contributed by atoms with Crippen molar-refractivity contribution in [3.8, 4) is 5.75 Å². The number of carbonyl (C=O) groups is 1. The quantitative estimate of drug-likeness (QED) is 0.925. The predicted molar refractivity (Wildman–Crippen MR) is 93.4 cm³/mol. The predicted octanol–water partition coefficient (Wildman–Crippen LogP) is 3.08. The van der Waals surface area contributed by atoms with Gasteiger partial charge in [0.05, 0.1) is 11.4 Å². The maximum Gasteiger partial charge on any atom is 0.262 e. The number of hydrogen-bond donors (Lipinski definition) is 1. The van der Waals surface area contributed by atoms with Crippen LogP contribution in [0, 0.1) is 0 Å². The van der Waals surface area contributed by atoms with Crippen LogP contribution in [0.5, 0.6) is 5.75 Å². The van der Waals surface area contributed by atoms with Crippen LogP contribution in [0.1, 0.15) is 24.0 Å². The summed E-state index contributed by atoms with van der Waals surface area (Å²) in [6.07, 6.45) is 7.77. The van der Waals surface area contributed by atoms with Crippen molar-refractivity contribution in [2.75, 3.05) is 18.5 Å². The maximum atomic E-state index is 11.5. The number of pyridine rings is 1. The van der Waals surface area contributed by atoms with E-state index in [4.69, 9.17) is 9.73 Å². The minimum atomic E-state index is -0.123. The molecule has 0 radical (unpaired) electrons. The first-order valence-corrected chi connectivity index (χ1v) is 8.02. The lowest BCUT2D eigenvalue weighted by Crippen LogP contribution is -2.25. The standard InChI is InChI=1S/C19H17N3O2/c23-18-12-24-17-6-5-13(10-16(17)22-18)9-14-3-2-8-21-19(14)15-4-1-7-20-11-15/h1,4-7,9-11H,2-3,8,12H2,(H,22,23). The van der Waals surface area contributed by atoms with E-state index in [0.29, 0.717) is 5.75 Å². The summed E-state index contributed by atoms with van der Waals surface area (Å²) < 4.78 is 5.41. The molecule has 0 fully saturated rings. The molecule has 0 saturated carbocycles. The first kappa shape index (κ1) is 14.6. The molecule has 0 saturated heterocycles. The first-order valence-electron chi connectivity index (χ1n) is 8.02. The molecule has 0 bridgehead atoms. The molecule has 5 heteroatoms. The van der Waals surface area contributed by atoms with E-state index in [9.17, 15) is 4.79 Å². The maximum absolute atomic E-state index is 11.5. The first-order chi connectivity index (χ1) is 11.8. The van der Waals surface area contributed by atoms with Crippen molar-refractivity contribution in [2.24, 2.45) is 4.99 Å². The van der Waals surface area contributed by atoms with Gasteiger partial charge in [0.2, 0.25) is 0 Å². The van der Waals surface area contributed by atoms with Crippen LogP contribution in [0.2, 0.25) is 0 Å². The smallest absolute Gasteiger partial charge is 0.262 e. The van der Waals surface area contributed by atoms with Gasteiger partial charge in [0, 0.05) is 24.5 Å². The third-order valence-electron chi connectivity index (χ3n) is 4.09. The third kappa shape index (κ3) is 2.93. The topological polar surface area (TPSA) is 63.6 Å². The lowest BCUT2D eigenvalue weighted by molar-refractivity contribution is -0.118. The zero-order valence-corrected chi connectivity index (χ0v) is 13.2. The SMILES string of the molecule is O=C1COc2ccc(C=C3CCCN=C3c3cccnc3)cc2N1. The minimum Gasteiger partial charge on any atom is -0.482 e. The highest BCUT2D eigenvalue weighted by molar-refractivity contribution is 6.15. The number of fused-ring (bicyclic) bond motifs is 1. The lowest BCUT2D eigenvalue weighted by atomic mass is 9.94. The van der Waals surface area contributed by atoms with E-state index in [1.165, 1.54) is 5.57 Å². The Bertz CT molecular complexity index is 841. The average molecular weight is 319 g/mol. The van der Waals surface area contributed by atoms with Crippen LogP contribution < -0.4 is 10.1 Å². The number of anilines is 1. The highest BCUT2D eigenvalue weighted by atomic mass is 16.5. The van der Waals surface area contributed by atoms with Crippen molar-refractivity contribution in [2.45, 2.75) is 12.8 Å². The zero-order chi connectivity index (χ0) is 16.4. The Morgan fingerprint density at radius 1 is 1.25 bits per heavy atom. The number of ether oxygens (including phenoxy) is 1. The summed E-state index contributed by atoms with van der Waals surface area (Å²) >= 11 is 0. The molecule has 120 valence electrons. The number of allylic oxidation sites excluding steroid dienone is 1. The van der Waals surface area contributed by atoms with Crippen molar-refractivity contribution in [1.29, 1.82) is 0 Å². The van der Waals surface area contributed by atoms with Gasteiger partial charge in [-0.15, -0.1) is 0 Å². The number of nitrogens with zero attached hydrogens (tertiary/aromatic N) is 2. The molecule has 1 aromatic carbocycles. The van der Waals surface area contributed by atoms with Gasteiger partial charge in [0.1, 0.15) is 5.75 Å². The molecule has 0 spiro atoms. The summed E-state index contributed by atoms with van der Waals surface area (Å²) in [4.78, 5) is 20.4. The van der Waals surface area contributed by atoms with Crippen molar-refractivity contribution < 1.29 is 9.53 Å². The van der Waals surface area contributed by atoms with E-state index in [2.05, 4.69) is 16.4 Å². The van der Waals surface area contributed by atoms with E-state index < -0.39 is 0 Å². The summed E-state index contributed by atoms with van der Waals surface area (Å²) in [7, 11) is 0. The van der Waals surface area contributed by atoms with Gasteiger partial charge in [-0.05, 0) is 54.3 Å². The average Bonchev–Trinajstić information content (AvgIpc) is 2.62. The normalized spacial score (nSPS) is 18.4. The van der Waals surface area contributed by atoms with Crippen molar-refractivity contribution in [3.63, 3.8) is 0 Å². The van der Waals surface area contributed by atoms with Gasteiger partial charge in [-0.2, -0.15) is 0 Å². The number of hydrogen-bond acceptors (Lipinski definition) is 4. The monoisotopic (exact) mass is 319 g/mol. The molecular weight excluding hydrogens is 302 g/mol. The van der Waals surface area contributed by atoms with Crippen LogP contribution in [0.4, 0.5) is 5.69 Å². The summed E-state index contributed by atoms with van der Waals surface area (Å²) in [5, 5.41) is 2.85. The molecule has 1 N–H and O–H groups in total. The fourth-order valence-electron chi connectivity index (χ4n) is 2.99. The third-order valence-corrected chi connectivity index (χ3v) is 4.09. The Morgan fingerprint density at radius 3 is 3.08 bits per heavy atom. The van der Waals surface area contributed by atoms with Crippen LogP contribution in [0.25, 0.3) is 6.08 Å². The number of carbonyl (C=O) groups excluding carboxylic acids is 1. The van der Waals surface area contributed by atoms with Crippen LogP contribution in [-0.4, -0.2) is 29.8 Å².